The van der Waals surface area contributed by atoms with E-state index in [0.717, 1.165) is 54.6 Å². The van der Waals surface area contributed by atoms with Gasteiger partial charge in [-0.05, 0) is 32.1 Å². The number of hydrogen-bond donors (Lipinski definition) is 4. The minimum absolute atomic E-state index is 0.145. The summed E-state index contributed by atoms with van der Waals surface area (Å²) in [6, 6.07) is 2.05. The first-order chi connectivity index (χ1) is 15.4. The Morgan fingerprint density at radius 3 is 2.84 bits per heavy atom. The molecule has 0 bridgehead atoms. The van der Waals surface area contributed by atoms with E-state index in [1.807, 2.05) is 13.2 Å². The van der Waals surface area contributed by atoms with E-state index in [0.29, 0.717) is 15.7 Å². The van der Waals surface area contributed by atoms with E-state index >= 15 is 0 Å². The van der Waals surface area contributed by atoms with Crippen LogP contribution >= 0.6 is 35.3 Å². The van der Waals surface area contributed by atoms with Gasteiger partial charge >= 0.3 is 0 Å². The molecule has 8 nitrogen and oxygen atoms in total. The lowest BCUT2D eigenvalue weighted by Crippen LogP contribution is -2.49. The molecule has 2 aromatic rings. The number of rotatable bonds is 6. The van der Waals surface area contributed by atoms with Gasteiger partial charge in [0.25, 0.3) is 0 Å². The largest absolute Gasteiger partial charge is 0.390 e. The van der Waals surface area contributed by atoms with Crippen molar-refractivity contribution in [1.82, 2.24) is 25.0 Å². The van der Waals surface area contributed by atoms with Crippen molar-refractivity contribution in [2.24, 2.45) is 5.41 Å². The number of aliphatic hydroxyl groups is 1. The second kappa shape index (κ2) is 9.64. The van der Waals surface area contributed by atoms with Gasteiger partial charge in [-0.15, -0.1) is 0 Å². The van der Waals surface area contributed by atoms with Gasteiger partial charge in [-0.25, -0.2) is 15.0 Å². The van der Waals surface area contributed by atoms with Crippen LogP contribution in [0.2, 0.25) is 5.02 Å². The molecule has 5 N–H and O–H groups in total. The fourth-order valence-electron chi connectivity index (χ4n) is 4.41. The summed E-state index contributed by atoms with van der Waals surface area (Å²) in [5, 5.41) is 14.6. The third-order valence-corrected chi connectivity index (χ3v) is 8.36. The molecule has 4 rings (SSSR count). The quantitative estimate of drug-likeness (QED) is 0.448. The Labute approximate surface area is 202 Å². The molecule has 0 saturated carbocycles. The minimum Gasteiger partial charge on any atom is -0.390 e. The summed E-state index contributed by atoms with van der Waals surface area (Å²) in [5.74, 6) is 1.03. The van der Waals surface area contributed by atoms with E-state index in [2.05, 4.69) is 26.5 Å². The first-order valence-corrected chi connectivity index (χ1v) is 12.8. The second-order valence-corrected chi connectivity index (χ2v) is 10.2. The Morgan fingerprint density at radius 1 is 1.41 bits per heavy atom. The van der Waals surface area contributed by atoms with Gasteiger partial charge in [0, 0.05) is 41.8 Å². The molecule has 0 amide bonds. The normalized spacial score (nSPS) is 20.1. The smallest absolute Gasteiger partial charge is 0.153 e. The van der Waals surface area contributed by atoms with Crippen LogP contribution in [0.15, 0.2) is 34.5 Å². The maximum absolute atomic E-state index is 10.1. The molecule has 1 atom stereocenters. The number of piperidine rings is 1. The first kappa shape index (κ1) is 23.4. The summed E-state index contributed by atoms with van der Waals surface area (Å²) in [4.78, 5) is 16.6. The van der Waals surface area contributed by atoms with Crippen LogP contribution in [0.5, 0.6) is 0 Å². The van der Waals surface area contributed by atoms with E-state index in [-0.39, 0.29) is 23.9 Å². The summed E-state index contributed by atoms with van der Waals surface area (Å²) in [6.45, 7) is 8.57. The SMILES string of the molecule is C=C1NCC2(CCN(c3nc(C)c(Sc4ccnc(N)c4Cl)nc3CO)CC2)C1NSC. The number of nitrogens with zero attached hydrogens (tertiary/aromatic N) is 4. The van der Waals surface area contributed by atoms with Crippen LogP contribution in [0.1, 0.15) is 24.2 Å². The molecular formula is C21H28ClN7OS2. The zero-order valence-electron chi connectivity index (χ0n) is 18.2. The molecule has 11 heteroatoms. The predicted octanol–water partition coefficient (Wildman–Crippen LogP) is 3.00. The number of aliphatic hydroxyl groups excluding tert-OH is 1. The molecule has 2 aliphatic heterocycles. The van der Waals surface area contributed by atoms with Crippen LogP contribution in [0.25, 0.3) is 0 Å². The van der Waals surface area contributed by atoms with Crippen molar-refractivity contribution in [2.75, 3.05) is 36.5 Å². The highest BCUT2D eigenvalue weighted by Gasteiger charge is 2.47. The van der Waals surface area contributed by atoms with Gasteiger partial charge in [0.05, 0.1) is 23.4 Å². The molecule has 0 radical (unpaired) electrons. The fourth-order valence-corrected chi connectivity index (χ4v) is 6.15. The standard InChI is InChI=1S/C21H28ClN7OS2/c1-12-17(28-31-3)21(11-25-12)5-8-29(9-6-21)19-14(10-30)27-20(13(2)26-19)32-15-4-7-24-18(23)16(15)22/h4,7,17,25,28,30H,1,5-6,8-11H2,2-3H3,(H2,23,24). The van der Waals surface area contributed by atoms with Crippen LogP contribution in [0.3, 0.4) is 0 Å². The second-order valence-electron chi connectivity index (χ2n) is 8.14. The zero-order valence-corrected chi connectivity index (χ0v) is 20.6. The van der Waals surface area contributed by atoms with E-state index in [9.17, 15) is 5.11 Å². The predicted molar refractivity (Wildman–Crippen MR) is 132 cm³/mol. The molecule has 0 aliphatic carbocycles. The highest BCUT2D eigenvalue weighted by molar-refractivity contribution is 7.99. The molecule has 1 unspecified atom stereocenters. The number of nitrogens with two attached hydrogens (primary N) is 1. The number of hydrogen-bond acceptors (Lipinski definition) is 10. The van der Waals surface area contributed by atoms with Crippen molar-refractivity contribution >= 4 is 46.9 Å². The number of halogens is 1. The van der Waals surface area contributed by atoms with Crippen molar-refractivity contribution in [2.45, 2.75) is 42.3 Å². The molecule has 2 fully saturated rings. The monoisotopic (exact) mass is 493 g/mol. The molecule has 32 heavy (non-hydrogen) atoms. The molecule has 1 spiro atoms. The van der Waals surface area contributed by atoms with E-state index in [1.165, 1.54) is 11.8 Å². The maximum atomic E-state index is 10.1. The zero-order chi connectivity index (χ0) is 22.9. The van der Waals surface area contributed by atoms with Crippen molar-refractivity contribution in [3.63, 3.8) is 0 Å². The molecule has 2 aliphatic rings. The third kappa shape index (κ3) is 4.38. The van der Waals surface area contributed by atoms with Crippen LogP contribution < -0.4 is 20.7 Å². The van der Waals surface area contributed by atoms with Gasteiger partial charge in [-0.2, -0.15) is 0 Å². The lowest BCUT2D eigenvalue weighted by Gasteiger charge is -2.43. The van der Waals surface area contributed by atoms with Gasteiger partial charge in [-0.3, -0.25) is 4.72 Å². The number of aromatic nitrogens is 3. The lowest BCUT2D eigenvalue weighted by molar-refractivity contribution is 0.214. The number of nitrogens with one attached hydrogen (secondary N) is 2. The van der Waals surface area contributed by atoms with E-state index in [4.69, 9.17) is 27.3 Å². The van der Waals surface area contributed by atoms with Gasteiger partial charge in [-0.1, -0.05) is 41.9 Å². The molecular weight excluding hydrogens is 466 g/mol. The summed E-state index contributed by atoms with van der Waals surface area (Å²) in [7, 11) is 0. The minimum atomic E-state index is -0.181. The number of aryl methyl sites for hydroxylation is 1. The van der Waals surface area contributed by atoms with Crippen LogP contribution in [-0.2, 0) is 6.61 Å². The lowest BCUT2D eigenvalue weighted by atomic mass is 9.74. The Kier molecular flexibility index (Phi) is 7.06. The summed E-state index contributed by atoms with van der Waals surface area (Å²) >= 11 is 9.31. The molecule has 2 aromatic heterocycles. The van der Waals surface area contributed by atoms with Gasteiger partial charge in [0.2, 0.25) is 0 Å². The average Bonchev–Trinajstić information content (AvgIpc) is 3.08. The number of pyridine rings is 1. The molecule has 172 valence electrons. The van der Waals surface area contributed by atoms with Crippen molar-refractivity contribution in [1.29, 1.82) is 0 Å². The van der Waals surface area contributed by atoms with E-state index < -0.39 is 0 Å². The van der Waals surface area contributed by atoms with Gasteiger partial charge < -0.3 is 21.1 Å². The Hall–Kier alpha value is -1.72. The van der Waals surface area contributed by atoms with Gasteiger partial charge in [0.1, 0.15) is 16.5 Å². The maximum Gasteiger partial charge on any atom is 0.153 e. The molecule has 4 heterocycles. The third-order valence-electron chi connectivity index (χ3n) is 6.24. The molecule has 0 aromatic carbocycles. The van der Waals surface area contributed by atoms with Crippen molar-refractivity contribution < 1.29 is 5.11 Å². The topological polar surface area (TPSA) is 112 Å². The number of anilines is 2. The molecule has 2 saturated heterocycles. The summed E-state index contributed by atoms with van der Waals surface area (Å²) in [6.07, 6.45) is 5.67. The highest BCUT2D eigenvalue weighted by atomic mass is 35.5. The number of nitrogen functional groups attached to an aromatic ring is 1. The summed E-state index contributed by atoms with van der Waals surface area (Å²) < 4.78 is 3.52. The average molecular weight is 494 g/mol. The van der Waals surface area contributed by atoms with Crippen LogP contribution in [0.4, 0.5) is 11.6 Å². The van der Waals surface area contributed by atoms with Gasteiger partial charge in [0.15, 0.2) is 5.82 Å². The Balaban J connectivity index is 1.54. The van der Waals surface area contributed by atoms with Crippen molar-refractivity contribution in [3.05, 3.63) is 40.9 Å². The highest BCUT2D eigenvalue weighted by Crippen LogP contribution is 2.43. The Bertz CT molecular complexity index is 1010. The Morgan fingerprint density at radius 2 is 2.16 bits per heavy atom. The van der Waals surface area contributed by atoms with E-state index in [1.54, 1.807) is 24.2 Å². The van der Waals surface area contributed by atoms with Crippen LogP contribution in [-0.4, -0.2) is 52.0 Å². The fraction of sp³-hybridized carbons (Fsp3) is 0.476. The first-order valence-electron chi connectivity index (χ1n) is 10.4. The van der Waals surface area contributed by atoms with Crippen LogP contribution in [0, 0.1) is 12.3 Å². The van der Waals surface area contributed by atoms with Crippen molar-refractivity contribution in [3.8, 4) is 0 Å². The summed E-state index contributed by atoms with van der Waals surface area (Å²) in [5.41, 5.74) is 8.39.